The van der Waals surface area contributed by atoms with Crippen molar-refractivity contribution in [2.75, 3.05) is 17.7 Å². The fraction of sp³-hybridized carbons (Fsp3) is 0.222. The Kier molecular flexibility index (Phi) is 5.36. The molecule has 0 saturated carbocycles. The Morgan fingerprint density at radius 2 is 1.87 bits per heavy atom. The van der Waals surface area contributed by atoms with Gasteiger partial charge >= 0.3 is 0 Å². The van der Waals surface area contributed by atoms with Crippen molar-refractivity contribution >= 4 is 23.2 Å². The standard InChI is InChI=1S/C18H20N2O3/c1-4-13-8-9-17(23-3)16(10-13)20-18(22)14-6-5-7-15(11-14)19-12(2)21/h5-11H,4H2,1-3H3,(H,19,21)(H,20,22). The molecule has 2 rings (SSSR count). The smallest absolute Gasteiger partial charge is 0.255 e. The molecule has 0 atom stereocenters. The first-order chi connectivity index (χ1) is 11.0. The summed E-state index contributed by atoms with van der Waals surface area (Å²) in [6.07, 6.45) is 0.866. The highest BCUT2D eigenvalue weighted by molar-refractivity contribution is 6.06. The topological polar surface area (TPSA) is 67.4 Å². The molecule has 2 amide bonds. The second-order valence-electron chi connectivity index (χ2n) is 5.10. The molecular formula is C18H20N2O3. The second kappa shape index (κ2) is 7.45. The van der Waals surface area contributed by atoms with Gasteiger partial charge in [0, 0.05) is 18.2 Å². The summed E-state index contributed by atoms with van der Waals surface area (Å²) in [6.45, 7) is 3.47. The van der Waals surface area contributed by atoms with Gasteiger partial charge in [0.15, 0.2) is 0 Å². The summed E-state index contributed by atoms with van der Waals surface area (Å²) in [5, 5.41) is 5.52. The van der Waals surface area contributed by atoms with E-state index in [4.69, 9.17) is 4.74 Å². The zero-order valence-corrected chi connectivity index (χ0v) is 13.5. The minimum Gasteiger partial charge on any atom is -0.495 e. The van der Waals surface area contributed by atoms with E-state index in [2.05, 4.69) is 10.6 Å². The molecule has 0 radical (unpaired) electrons. The first kappa shape index (κ1) is 16.5. The summed E-state index contributed by atoms with van der Waals surface area (Å²) < 4.78 is 5.29. The molecule has 0 saturated heterocycles. The van der Waals surface area contributed by atoms with Crippen LogP contribution in [0, 0.1) is 0 Å². The molecule has 0 fully saturated rings. The van der Waals surface area contributed by atoms with E-state index in [-0.39, 0.29) is 11.8 Å². The van der Waals surface area contributed by atoms with Crippen LogP contribution in [0.15, 0.2) is 42.5 Å². The molecule has 0 heterocycles. The zero-order valence-electron chi connectivity index (χ0n) is 13.5. The number of carbonyl (C=O) groups is 2. The number of methoxy groups -OCH3 is 1. The van der Waals surface area contributed by atoms with Gasteiger partial charge in [-0.25, -0.2) is 0 Å². The molecule has 2 aromatic carbocycles. The van der Waals surface area contributed by atoms with Crippen LogP contribution in [-0.2, 0) is 11.2 Å². The van der Waals surface area contributed by atoms with Gasteiger partial charge in [0.05, 0.1) is 12.8 Å². The zero-order chi connectivity index (χ0) is 16.8. The predicted molar refractivity (Wildman–Crippen MR) is 91.1 cm³/mol. The van der Waals surface area contributed by atoms with Crippen molar-refractivity contribution in [3.63, 3.8) is 0 Å². The molecule has 0 aliphatic carbocycles. The third-order valence-corrected chi connectivity index (χ3v) is 3.37. The van der Waals surface area contributed by atoms with Gasteiger partial charge in [-0.15, -0.1) is 0 Å². The first-order valence-corrected chi connectivity index (χ1v) is 7.39. The summed E-state index contributed by atoms with van der Waals surface area (Å²) in [7, 11) is 1.56. The van der Waals surface area contributed by atoms with Gasteiger partial charge in [-0.3, -0.25) is 9.59 Å². The number of anilines is 2. The lowest BCUT2D eigenvalue weighted by Gasteiger charge is -2.12. The quantitative estimate of drug-likeness (QED) is 0.888. The van der Waals surface area contributed by atoms with Crippen molar-refractivity contribution in [1.29, 1.82) is 0 Å². The number of hydrogen-bond acceptors (Lipinski definition) is 3. The summed E-state index contributed by atoms with van der Waals surface area (Å²) in [4.78, 5) is 23.6. The van der Waals surface area contributed by atoms with Gasteiger partial charge in [0.25, 0.3) is 5.91 Å². The highest BCUT2D eigenvalue weighted by Gasteiger charge is 2.11. The first-order valence-electron chi connectivity index (χ1n) is 7.39. The maximum absolute atomic E-state index is 12.4. The third-order valence-electron chi connectivity index (χ3n) is 3.37. The van der Waals surface area contributed by atoms with E-state index in [1.807, 2.05) is 25.1 Å². The highest BCUT2D eigenvalue weighted by Crippen LogP contribution is 2.26. The molecular weight excluding hydrogens is 292 g/mol. The van der Waals surface area contributed by atoms with E-state index >= 15 is 0 Å². The van der Waals surface area contributed by atoms with Crippen LogP contribution in [0.2, 0.25) is 0 Å². The molecule has 5 heteroatoms. The Morgan fingerprint density at radius 1 is 1.09 bits per heavy atom. The van der Waals surface area contributed by atoms with Gasteiger partial charge in [-0.1, -0.05) is 19.1 Å². The van der Waals surface area contributed by atoms with Gasteiger partial charge < -0.3 is 15.4 Å². The molecule has 23 heavy (non-hydrogen) atoms. The van der Waals surface area contributed by atoms with Crippen LogP contribution >= 0.6 is 0 Å². The maximum Gasteiger partial charge on any atom is 0.255 e. The van der Waals surface area contributed by atoms with E-state index in [1.165, 1.54) is 6.92 Å². The Bertz CT molecular complexity index is 726. The summed E-state index contributed by atoms with van der Waals surface area (Å²) in [6, 6.07) is 12.5. The largest absolute Gasteiger partial charge is 0.495 e. The average Bonchev–Trinajstić information content (AvgIpc) is 2.54. The van der Waals surface area contributed by atoms with Crippen molar-refractivity contribution in [3.8, 4) is 5.75 Å². The van der Waals surface area contributed by atoms with E-state index in [0.717, 1.165) is 12.0 Å². The number of amides is 2. The van der Waals surface area contributed by atoms with Crippen molar-refractivity contribution in [1.82, 2.24) is 0 Å². The number of carbonyl (C=O) groups excluding carboxylic acids is 2. The fourth-order valence-corrected chi connectivity index (χ4v) is 2.21. The number of benzene rings is 2. The second-order valence-corrected chi connectivity index (χ2v) is 5.10. The Labute approximate surface area is 135 Å². The maximum atomic E-state index is 12.4. The van der Waals surface area contributed by atoms with E-state index in [0.29, 0.717) is 22.7 Å². The van der Waals surface area contributed by atoms with Crippen LogP contribution in [0.5, 0.6) is 5.75 Å². The minimum atomic E-state index is -0.260. The van der Waals surface area contributed by atoms with Gasteiger partial charge in [0.1, 0.15) is 5.75 Å². The molecule has 0 aliphatic rings. The minimum absolute atomic E-state index is 0.181. The molecule has 2 N–H and O–H groups in total. The van der Waals surface area contributed by atoms with Crippen LogP contribution in [0.25, 0.3) is 0 Å². The van der Waals surface area contributed by atoms with E-state index < -0.39 is 0 Å². The fourth-order valence-electron chi connectivity index (χ4n) is 2.21. The number of nitrogens with one attached hydrogen (secondary N) is 2. The Hall–Kier alpha value is -2.82. The third kappa shape index (κ3) is 4.32. The van der Waals surface area contributed by atoms with Crippen LogP contribution in [0.3, 0.4) is 0 Å². The average molecular weight is 312 g/mol. The lowest BCUT2D eigenvalue weighted by Crippen LogP contribution is -2.14. The van der Waals surface area contributed by atoms with Gasteiger partial charge in [-0.2, -0.15) is 0 Å². The summed E-state index contributed by atoms with van der Waals surface area (Å²) in [5.41, 5.74) is 2.77. The number of rotatable bonds is 5. The van der Waals surface area contributed by atoms with Gasteiger partial charge in [-0.05, 0) is 42.3 Å². The number of ether oxygens (including phenoxy) is 1. The molecule has 0 aromatic heterocycles. The van der Waals surface area contributed by atoms with E-state index in [9.17, 15) is 9.59 Å². The monoisotopic (exact) mass is 312 g/mol. The molecule has 0 bridgehead atoms. The normalized spacial score (nSPS) is 10.0. The lowest BCUT2D eigenvalue weighted by atomic mass is 10.1. The Morgan fingerprint density at radius 3 is 2.52 bits per heavy atom. The molecule has 0 spiro atoms. The molecule has 5 nitrogen and oxygen atoms in total. The lowest BCUT2D eigenvalue weighted by molar-refractivity contribution is -0.114. The molecule has 0 aliphatic heterocycles. The Balaban J connectivity index is 2.23. The number of hydrogen-bond donors (Lipinski definition) is 2. The van der Waals surface area contributed by atoms with Crippen LogP contribution in [0.4, 0.5) is 11.4 Å². The predicted octanol–water partition coefficient (Wildman–Crippen LogP) is 3.47. The van der Waals surface area contributed by atoms with Crippen LogP contribution in [-0.4, -0.2) is 18.9 Å². The summed E-state index contributed by atoms with van der Waals surface area (Å²) >= 11 is 0. The number of aryl methyl sites for hydroxylation is 1. The van der Waals surface area contributed by atoms with Gasteiger partial charge in [0.2, 0.25) is 5.91 Å². The molecule has 120 valence electrons. The van der Waals surface area contributed by atoms with Crippen molar-refractivity contribution in [3.05, 3.63) is 53.6 Å². The SMILES string of the molecule is CCc1ccc(OC)c(NC(=O)c2cccc(NC(C)=O)c2)c1. The van der Waals surface area contributed by atoms with Crippen molar-refractivity contribution < 1.29 is 14.3 Å². The van der Waals surface area contributed by atoms with E-state index in [1.54, 1.807) is 31.4 Å². The van der Waals surface area contributed by atoms with Crippen LogP contribution in [0.1, 0.15) is 29.8 Å². The van der Waals surface area contributed by atoms with Crippen molar-refractivity contribution in [2.24, 2.45) is 0 Å². The molecule has 0 unspecified atom stereocenters. The summed E-state index contributed by atoms with van der Waals surface area (Å²) in [5.74, 6) is 0.164. The van der Waals surface area contributed by atoms with Crippen molar-refractivity contribution in [2.45, 2.75) is 20.3 Å². The molecule has 2 aromatic rings. The highest BCUT2D eigenvalue weighted by atomic mass is 16.5. The van der Waals surface area contributed by atoms with Crippen LogP contribution < -0.4 is 15.4 Å².